The number of benzene rings is 4. The predicted molar refractivity (Wildman–Crippen MR) is 175 cm³/mol. The van der Waals surface area contributed by atoms with Crippen LogP contribution in [0, 0.1) is 0 Å². The molecule has 0 bridgehead atoms. The van der Waals surface area contributed by atoms with Crippen molar-refractivity contribution in [2.24, 2.45) is 0 Å². The topological polar surface area (TPSA) is 100 Å². The van der Waals surface area contributed by atoms with Gasteiger partial charge in [-0.05, 0) is 54.3 Å². The van der Waals surface area contributed by atoms with E-state index < -0.39 is 5.97 Å². The average Bonchev–Trinajstić information content (AvgIpc) is 3.60. The van der Waals surface area contributed by atoms with E-state index in [-0.39, 0.29) is 5.56 Å². The van der Waals surface area contributed by atoms with Gasteiger partial charge in [0, 0.05) is 23.6 Å². The van der Waals surface area contributed by atoms with E-state index in [1.165, 1.54) is 17.8 Å². The van der Waals surface area contributed by atoms with Crippen LogP contribution >= 0.6 is 11.7 Å². The first-order chi connectivity index (χ1) is 22.1. The third-order valence-electron chi connectivity index (χ3n) is 7.15. The quantitative estimate of drug-likeness (QED) is 0.109. The van der Waals surface area contributed by atoms with E-state index in [4.69, 9.17) is 18.9 Å². The van der Waals surface area contributed by atoms with Gasteiger partial charge in [0.25, 0.3) is 0 Å². The molecule has 0 saturated carbocycles. The molecule has 1 N–H and O–H groups in total. The zero-order valence-corrected chi connectivity index (χ0v) is 26.2. The first-order valence-electron chi connectivity index (χ1n) is 15.1. The standard InChI is InChI=1S/C36H36N2O6S/c1-3-12-27-31(17-10-18-32(27)44-33-16-9-8-15-28(33)36(39)40)41-19-11-20-42-34-22-35(43-24-25-13-6-5-7-14-25)29(21-26(34)4-2)30-23-37-45-38-30/h5-10,13-18,21-23H,3-4,11-12,19-20,24H2,1-2H3,(H,39,40). The molecule has 0 saturated heterocycles. The van der Waals surface area contributed by atoms with Gasteiger partial charge in [-0.3, -0.25) is 0 Å². The van der Waals surface area contributed by atoms with Crippen molar-refractivity contribution in [3.8, 4) is 40.0 Å². The summed E-state index contributed by atoms with van der Waals surface area (Å²) in [5, 5.41) is 9.57. The van der Waals surface area contributed by atoms with E-state index in [0.29, 0.717) is 49.2 Å². The van der Waals surface area contributed by atoms with Crippen LogP contribution in [0.4, 0.5) is 0 Å². The van der Waals surface area contributed by atoms with Gasteiger partial charge in [0.2, 0.25) is 0 Å². The summed E-state index contributed by atoms with van der Waals surface area (Å²) in [5.41, 5.74) is 4.81. The zero-order chi connectivity index (χ0) is 31.4. The second-order valence-corrected chi connectivity index (χ2v) is 10.9. The van der Waals surface area contributed by atoms with E-state index in [0.717, 1.165) is 53.0 Å². The molecule has 1 aromatic heterocycles. The summed E-state index contributed by atoms with van der Waals surface area (Å²) in [5.74, 6) is 2.03. The lowest BCUT2D eigenvalue weighted by Gasteiger charge is -2.18. The molecule has 9 heteroatoms. The van der Waals surface area contributed by atoms with Crippen molar-refractivity contribution in [2.45, 2.75) is 46.1 Å². The predicted octanol–water partition coefficient (Wildman–Crippen LogP) is 8.64. The maximum absolute atomic E-state index is 11.7. The number of hydrogen-bond donors (Lipinski definition) is 1. The van der Waals surface area contributed by atoms with Gasteiger partial charge in [0.15, 0.2) is 0 Å². The van der Waals surface area contributed by atoms with Crippen LogP contribution in [0.25, 0.3) is 11.3 Å². The third kappa shape index (κ3) is 8.19. The van der Waals surface area contributed by atoms with Gasteiger partial charge in [-0.1, -0.05) is 68.8 Å². The highest BCUT2D eigenvalue weighted by atomic mass is 32.1. The van der Waals surface area contributed by atoms with Crippen molar-refractivity contribution in [2.75, 3.05) is 13.2 Å². The Morgan fingerprint density at radius 1 is 0.800 bits per heavy atom. The molecule has 5 aromatic rings. The molecule has 45 heavy (non-hydrogen) atoms. The van der Waals surface area contributed by atoms with Crippen LogP contribution < -0.4 is 18.9 Å². The van der Waals surface area contributed by atoms with Gasteiger partial charge in [-0.15, -0.1) is 0 Å². The monoisotopic (exact) mass is 624 g/mol. The molecule has 4 aromatic carbocycles. The molecular weight excluding hydrogens is 588 g/mol. The van der Waals surface area contributed by atoms with Crippen molar-refractivity contribution in [3.05, 3.63) is 113 Å². The van der Waals surface area contributed by atoms with Crippen molar-refractivity contribution < 1.29 is 28.8 Å². The van der Waals surface area contributed by atoms with Crippen LogP contribution in [-0.2, 0) is 19.4 Å². The van der Waals surface area contributed by atoms with Crippen LogP contribution in [0.5, 0.6) is 28.7 Å². The fourth-order valence-corrected chi connectivity index (χ4v) is 5.33. The van der Waals surface area contributed by atoms with Gasteiger partial charge in [0.1, 0.15) is 46.6 Å². The summed E-state index contributed by atoms with van der Waals surface area (Å²) in [6, 6.07) is 26.3. The minimum Gasteiger partial charge on any atom is -0.493 e. The number of nitrogens with zero attached hydrogens (tertiary/aromatic N) is 2. The second kappa shape index (κ2) is 15.7. The number of rotatable bonds is 16. The third-order valence-corrected chi connectivity index (χ3v) is 7.63. The van der Waals surface area contributed by atoms with E-state index in [1.54, 1.807) is 24.4 Å². The summed E-state index contributed by atoms with van der Waals surface area (Å²) >= 11 is 1.17. The van der Waals surface area contributed by atoms with E-state index in [2.05, 4.69) is 28.7 Å². The number of carboxylic acids is 1. The molecule has 0 aliphatic heterocycles. The maximum Gasteiger partial charge on any atom is 0.339 e. The fourth-order valence-electron chi connectivity index (χ4n) is 4.90. The zero-order valence-electron chi connectivity index (χ0n) is 25.4. The summed E-state index contributed by atoms with van der Waals surface area (Å²) in [6.07, 6.45) is 4.79. The van der Waals surface area contributed by atoms with Crippen LogP contribution in [-0.4, -0.2) is 33.0 Å². The molecule has 5 rings (SSSR count). The maximum atomic E-state index is 11.7. The molecule has 232 valence electrons. The number of aromatic carboxylic acids is 1. The summed E-state index contributed by atoms with van der Waals surface area (Å²) in [7, 11) is 0. The molecule has 0 aliphatic rings. The van der Waals surface area contributed by atoms with E-state index in [1.807, 2.05) is 54.6 Å². The molecule has 0 spiro atoms. The number of aromatic nitrogens is 2. The molecule has 0 atom stereocenters. The molecule has 0 amide bonds. The highest BCUT2D eigenvalue weighted by molar-refractivity contribution is 6.99. The lowest BCUT2D eigenvalue weighted by atomic mass is 10.0. The number of carbonyl (C=O) groups is 1. The van der Waals surface area contributed by atoms with Crippen molar-refractivity contribution in [1.29, 1.82) is 0 Å². The SMILES string of the molecule is CCCc1c(OCCCOc2cc(OCc3ccccc3)c(-c3cnsn3)cc2CC)cccc1Oc1ccccc1C(=O)O. The smallest absolute Gasteiger partial charge is 0.339 e. The molecule has 8 nitrogen and oxygen atoms in total. The van der Waals surface area contributed by atoms with Crippen LogP contribution in [0.2, 0.25) is 0 Å². The molecule has 0 unspecified atom stereocenters. The summed E-state index contributed by atoms with van der Waals surface area (Å²) < 4.78 is 33.5. The lowest BCUT2D eigenvalue weighted by molar-refractivity contribution is 0.0694. The van der Waals surface area contributed by atoms with Gasteiger partial charge >= 0.3 is 5.97 Å². The molecular formula is C36H36N2O6S. The Bertz CT molecular complexity index is 1690. The van der Waals surface area contributed by atoms with Crippen LogP contribution in [0.15, 0.2) is 91.1 Å². The van der Waals surface area contributed by atoms with E-state index >= 15 is 0 Å². The Morgan fingerprint density at radius 2 is 1.53 bits per heavy atom. The fraction of sp³-hybridized carbons (Fsp3) is 0.250. The number of hydrogen-bond acceptors (Lipinski definition) is 8. The molecule has 0 radical (unpaired) electrons. The van der Waals surface area contributed by atoms with E-state index in [9.17, 15) is 9.90 Å². The first-order valence-corrected chi connectivity index (χ1v) is 15.8. The van der Waals surface area contributed by atoms with Crippen molar-refractivity contribution >= 4 is 17.7 Å². The highest BCUT2D eigenvalue weighted by Gasteiger charge is 2.17. The number of carboxylic acid groups (broad SMARTS) is 1. The van der Waals surface area contributed by atoms with Gasteiger partial charge in [-0.2, -0.15) is 8.75 Å². The number of aryl methyl sites for hydroxylation is 1. The van der Waals surface area contributed by atoms with Gasteiger partial charge in [-0.25, -0.2) is 4.79 Å². The molecule has 0 fully saturated rings. The normalized spacial score (nSPS) is 10.8. The van der Waals surface area contributed by atoms with Crippen LogP contribution in [0.1, 0.15) is 53.7 Å². The minimum atomic E-state index is -1.04. The first kappa shape index (κ1) is 31.5. The van der Waals surface area contributed by atoms with Crippen LogP contribution in [0.3, 0.4) is 0 Å². The Kier molecular flexibility index (Phi) is 11.0. The van der Waals surface area contributed by atoms with Gasteiger partial charge < -0.3 is 24.1 Å². The highest BCUT2D eigenvalue weighted by Crippen LogP contribution is 2.37. The lowest BCUT2D eigenvalue weighted by Crippen LogP contribution is -2.08. The summed E-state index contributed by atoms with van der Waals surface area (Å²) in [4.78, 5) is 11.7. The Morgan fingerprint density at radius 3 is 2.27 bits per heavy atom. The Balaban J connectivity index is 1.25. The largest absolute Gasteiger partial charge is 0.493 e. The summed E-state index contributed by atoms with van der Waals surface area (Å²) in [6.45, 7) is 5.49. The Labute approximate surface area is 267 Å². The number of para-hydroxylation sites is 1. The number of ether oxygens (including phenoxy) is 4. The average molecular weight is 625 g/mol. The molecule has 1 heterocycles. The van der Waals surface area contributed by atoms with Gasteiger partial charge in [0.05, 0.1) is 31.1 Å². The van der Waals surface area contributed by atoms with Crippen molar-refractivity contribution in [1.82, 2.24) is 8.75 Å². The second-order valence-electron chi connectivity index (χ2n) is 10.3. The molecule has 0 aliphatic carbocycles. The Hall–Kier alpha value is -4.89. The van der Waals surface area contributed by atoms with Crippen molar-refractivity contribution in [3.63, 3.8) is 0 Å². The minimum absolute atomic E-state index is 0.111.